The van der Waals surface area contributed by atoms with E-state index in [1.165, 1.54) is 23.0 Å². The predicted molar refractivity (Wildman–Crippen MR) is 82.8 cm³/mol. The molecule has 0 aliphatic carbocycles. The van der Waals surface area contributed by atoms with Gasteiger partial charge in [-0.15, -0.1) is 0 Å². The van der Waals surface area contributed by atoms with Crippen LogP contribution in [0.4, 0.5) is 15.0 Å². The van der Waals surface area contributed by atoms with Crippen molar-refractivity contribution in [2.24, 2.45) is 0 Å². The third-order valence-corrected chi connectivity index (χ3v) is 2.91. The molecule has 1 amide bonds. The van der Waals surface area contributed by atoms with Gasteiger partial charge in [-0.3, -0.25) is 5.32 Å². The van der Waals surface area contributed by atoms with Crippen molar-refractivity contribution < 1.29 is 13.9 Å². The minimum Gasteiger partial charge on any atom is -0.444 e. The average Bonchev–Trinajstić information content (AvgIpc) is 2.82. The summed E-state index contributed by atoms with van der Waals surface area (Å²) in [6.07, 6.45) is 0.585. The second kappa shape index (κ2) is 6.08. The number of nitrogens with one attached hydrogen (secondary N) is 1. The fourth-order valence-corrected chi connectivity index (χ4v) is 1.94. The van der Waals surface area contributed by atoms with Crippen LogP contribution >= 0.6 is 0 Å². The Morgan fingerprint density at radius 3 is 2.74 bits per heavy atom. The summed E-state index contributed by atoms with van der Waals surface area (Å²) in [5, 5.41) is 15.8. The lowest BCUT2D eigenvalue weighted by atomic mass is 10.2. The zero-order chi connectivity index (χ0) is 17.2. The van der Waals surface area contributed by atoms with Crippen molar-refractivity contribution in [3.8, 4) is 11.8 Å². The number of hydrogen-bond acceptors (Lipinski definition) is 4. The Kier molecular flexibility index (Phi) is 4.36. The van der Waals surface area contributed by atoms with Crippen molar-refractivity contribution in [3.05, 3.63) is 41.3 Å². The van der Waals surface area contributed by atoms with Crippen LogP contribution in [0, 0.1) is 24.1 Å². The van der Waals surface area contributed by atoms with Crippen LogP contribution in [0.15, 0.2) is 24.4 Å². The Bertz CT molecular complexity index is 784. The molecule has 0 radical (unpaired) electrons. The van der Waals surface area contributed by atoms with Gasteiger partial charge in [0.05, 0.1) is 11.9 Å². The highest BCUT2D eigenvalue weighted by Gasteiger charge is 2.21. The quantitative estimate of drug-likeness (QED) is 0.919. The molecule has 120 valence electrons. The average molecular weight is 316 g/mol. The number of ether oxygens (including phenoxy) is 1. The highest BCUT2D eigenvalue weighted by atomic mass is 19.1. The van der Waals surface area contributed by atoms with Gasteiger partial charge >= 0.3 is 6.09 Å². The monoisotopic (exact) mass is 316 g/mol. The standard InChI is InChI=1S/C16H17FN4O2/c1-10-5-6-12(17)7-13(10)21-14(11(8-18)9-19-21)20-15(22)23-16(2,3)4/h5-7,9H,1-4H3,(H,20,22). The van der Waals surface area contributed by atoms with Crippen LogP contribution in [0.1, 0.15) is 31.9 Å². The van der Waals surface area contributed by atoms with Gasteiger partial charge in [-0.25, -0.2) is 13.9 Å². The van der Waals surface area contributed by atoms with E-state index in [1.54, 1.807) is 33.8 Å². The Morgan fingerprint density at radius 2 is 2.13 bits per heavy atom. The molecule has 0 fully saturated rings. The molecule has 0 bridgehead atoms. The Morgan fingerprint density at radius 1 is 1.43 bits per heavy atom. The smallest absolute Gasteiger partial charge is 0.413 e. The summed E-state index contributed by atoms with van der Waals surface area (Å²) < 4.78 is 20.0. The molecular weight excluding hydrogens is 299 g/mol. The molecule has 0 atom stereocenters. The SMILES string of the molecule is Cc1ccc(F)cc1-n1ncc(C#N)c1NC(=O)OC(C)(C)C. The Hall–Kier alpha value is -2.88. The lowest BCUT2D eigenvalue weighted by Gasteiger charge is -2.20. The normalized spacial score (nSPS) is 11.0. The number of carbonyl (C=O) groups is 1. The Balaban J connectivity index is 2.44. The van der Waals surface area contributed by atoms with E-state index in [2.05, 4.69) is 10.4 Å². The van der Waals surface area contributed by atoms with Crippen molar-refractivity contribution >= 4 is 11.9 Å². The topological polar surface area (TPSA) is 79.9 Å². The number of aryl methyl sites for hydroxylation is 1. The molecule has 7 heteroatoms. The molecule has 1 aromatic carbocycles. The van der Waals surface area contributed by atoms with Gasteiger partial charge in [-0.2, -0.15) is 10.4 Å². The van der Waals surface area contributed by atoms with E-state index in [1.807, 2.05) is 6.07 Å². The maximum atomic E-state index is 13.5. The summed E-state index contributed by atoms with van der Waals surface area (Å²) in [6, 6.07) is 6.14. The maximum Gasteiger partial charge on any atom is 0.413 e. The second-order valence-electron chi connectivity index (χ2n) is 5.99. The van der Waals surface area contributed by atoms with Crippen LogP contribution in [0.5, 0.6) is 0 Å². The van der Waals surface area contributed by atoms with Crippen LogP contribution in [0.3, 0.4) is 0 Å². The molecule has 0 spiro atoms. The number of aromatic nitrogens is 2. The van der Waals surface area contributed by atoms with Gasteiger partial charge in [0.15, 0.2) is 5.82 Å². The first kappa shape index (κ1) is 16.5. The lowest BCUT2D eigenvalue weighted by Crippen LogP contribution is -2.28. The van der Waals surface area contributed by atoms with Gasteiger partial charge in [0.2, 0.25) is 0 Å². The molecule has 0 saturated carbocycles. The number of halogens is 1. The van der Waals surface area contributed by atoms with E-state index in [9.17, 15) is 14.4 Å². The minimum absolute atomic E-state index is 0.135. The first-order chi connectivity index (χ1) is 10.7. The number of anilines is 1. The molecule has 0 unspecified atom stereocenters. The lowest BCUT2D eigenvalue weighted by molar-refractivity contribution is 0.0635. The molecule has 1 heterocycles. The van der Waals surface area contributed by atoms with Crippen LogP contribution < -0.4 is 5.32 Å². The summed E-state index contributed by atoms with van der Waals surface area (Å²) in [4.78, 5) is 12.0. The highest BCUT2D eigenvalue weighted by Crippen LogP contribution is 2.23. The van der Waals surface area contributed by atoms with Crippen LogP contribution in [0.2, 0.25) is 0 Å². The van der Waals surface area contributed by atoms with Crippen LogP contribution in [-0.4, -0.2) is 21.5 Å². The van der Waals surface area contributed by atoms with Gasteiger partial charge in [-0.1, -0.05) is 6.07 Å². The number of nitrogens with zero attached hydrogens (tertiary/aromatic N) is 3. The van der Waals surface area contributed by atoms with Crippen molar-refractivity contribution in [2.75, 3.05) is 5.32 Å². The molecule has 0 aliphatic heterocycles. The number of rotatable bonds is 2. The summed E-state index contributed by atoms with van der Waals surface area (Å²) in [5.41, 5.74) is 0.638. The molecule has 0 aliphatic rings. The largest absolute Gasteiger partial charge is 0.444 e. The van der Waals surface area contributed by atoms with Gasteiger partial charge in [0, 0.05) is 0 Å². The molecule has 1 N–H and O–H groups in total. The van der Waals surface area contributed by atoms with Crippen molar-refractivity contribution in [2.45, 2.75) is 33.3 Å². The number of carbonyl (C=O) groups excluding carboxylic acids is 1. The predicted octanol–water partition coefficient (Wildman–Crippen LogP) is 3.54. The first-order valence-electron chi connectivity index (χ1n) is 6.96. The third kappa shape index (κ3) is 3.86. The van der Waals surface area contributed by atoms with E-state index in [-0.39, 0.29) is 11.4 Å². The van der Waals surface area contributed by atoms with E-state index in [0.717, 1.165) is 5.56 Å². The van der Waals surface area contributed by atoms with Gasteiger partial charge in [-0.05, 0) is 45.4 Å². The summed E-state index contributed by atoms with van der Waals surface area (Å²) >= 11 is 0. The number of nitriles is 1. The number of amides is 1. The molecule has 2 rings (SSSR count). The van der Waals surface area contributed by atoms with E-state index < -0.39 is 17.5 Å². The molecule has 6 nitrogen and oxygen atoms in total. The van der Waals surface area contributed by atoms with Gasteiger partial charge < -0.3 is 4.74 Å². The number of benzene rings is 1. The van der Waals surface area contributed by atoms with Gasteiger partial charge in [0.1, 0.15) is 23.1 Å². The summed E-state index contributed by atoms with van der Waals surface area (Å²) in [7, 11) is 0. The second-order valence-corrected chi connectivity index (χ2v) is 5.99. The molecule has 2 aromatic rings. The summed E-state index contributed by atoms with van der Waals surface area (Å²) in [5.74, 6) is -0.307. The molecule has 1 aromatic heterocycles. The fraction of sp³-hybridized carbons (Fsp3) is 0.312. The van der Waals surface area contributed by atoms with Crippen molar-refractivity contribution in [3.63, 3.8) is 0 Å². The molecular formula is C16H17FN4O2. The number of hydrogen-bond donors (Lipinski definition) is 1. The summed E-state index contributed by atoms with van der Waals surface area (Å²) in [6.45, 7) is 6.96. The minimum atomic E-state index is -0.718. The Labute approximate surface area is 133 Å². The van der Waals surface area contributed by atoms with Crippen LogP contribution in [-0.2, 0) is 4.74 Å². The van der Waals surface area contributed by atoms with E-state index in [4.69, 9.17) is 4.74 Å². The van der Waals surface area contributed by atoms with Crippen molar-refractivity contribution in [1.29, 1.82) is 5.26 Å². The van der Waals surface area contributed by atoms with E-state index >= 15 is 0 Å². The maximum absolute atomic E-state index is 13.5. The zero-order valence-corrected chi connectivity index (χ0v) is 13.3. The van der Waals surface area contributed by atoms with E-state index in [0.29, 0.717) is 5.69 Å². The molecule has 23 heavy (non-hydrogen) atoms. The fourth-order valence-electron chi connectivity index (χ4n) is 1.94. The van der Waals surface area contributed by atoms with Crippen molar-refractivity contribution in [1.82, 2.24) is 9.78 Å². The molecule has 0 saturated heterocycles. The van der Waals surface area contributed by atoms with Gasteiger partial charge in [0.25, 0.3) is 0 Å². The van der Waals surface area contributed by atoms with Crippen LogP contribution in [0.25, 0.3) is 5.69 Å². The highest BCUT2D eigenvalue weighted by molar-refractivity contribution is 5.86. The third-order valence-electron chi connectivity index (χ3n) is 2.91. The first-order valence-corrected chi connectivity index (χ1v) is 6.96. The zero-order valence-electron chi connectivity index (χ0n) is 13.3.